The molecule has 2 rings (SSSR count). The minimum absolute atomic E-state index is 0. The molecule has 2 N–H and O–H groups in total. The molecule has 0 unspecified atom stereocenters. The molecular formula is C15H24ClN3O. The van der Waals surface area contributed by atoms with Gasteiger partial charge in [-0.25, -0.2) is 0 Å². The Kier molecular flexibility index (Phi) is 5.96. The van der Waals surface area contributed by atoms with Gasteiger partial charge in [0.15, 0.2) is 0 Å². The second kappa shape index (κ2) is 7.04. The summed E-state index contributed by atoms with van der Waals surface area (Å²) in [5.74, 6) is 0.106. The van der Waals surface area contributed by atoms with Gasteiger partial charge in [-0.05, 0) is 36.8 Å². The number of carbonyl (C=O) groups is 1. The molecule has 4 nitrogen and oxygen atoms in total. The van der Waals surface area contributed by atoms with E-state index in [1.165, 1.54) is 6.42 Å². The molecule has 2 heterocycles. The molecular weight excluding hydrogens is 274 g/mol. The van der Waals surface area contributed by atoms with E-state index in [9.17, 15) is 4.79 Å². The van der Waals surface area contributed by atoms with Gasteiger partial charge in [0.2, 0.25) is 0 Å². The van der Waals surface area contributed by atoms with Gasteiger partial charge >= 0.3 is 0 Å². The smallest absolute Gasteiger partial charge is 0.253 e. The fourth-order valence-corrected chi connectivity index (χ4v) is 2.53. The first-order chi connectivity index (χ1) is 9.02. The Morgan fingerprint density at radius 2 is 2.15 bits per heavy atom. The number of hydrogen-bond donors (Lipinski definition) is 1. The number of nitrogens with two attached hydrogens (primary N) is 1. The Morgan fingerprint density at radius 3 is 2.85 bits per heavy atom. The lowest BCUT2D eigenvalue weighted by atomic mass is 9.85. The Hall–Kier alpha value is -1.13. The Bertz CT molecular complexity index is 462. The molecule has 0 saturated carbocycles. The summed E-state index contributed by atoms with van der Waals surface area (Å²) in [5.41, 5.74) is 7.38. The molecule has 0 aromatic carbocycles. The van der Waals surface area contributed by atoms with E-state index in [4.69, 9.17) is 5.73 Å². The van der Waals surface area contributed by atoms with Gasteiger partial charge in [-0.2, -0.15) is 0 Å². The molecule has 1 saturated heterocycles. The summed E-state index contributed by atoms with van der Waals surface area (Å²) >= 11 is 0. The van der Waals surface area contributed by atoms with Crippen molar-refractivity contribution in [2.75, 3.05) is 13.1 Å². The van der Waals surface area contributed by atoms with E-state index in [1.807, 2.05) is 4.90 Å². The molecule has 5 heteroatoms. The van der Waals surface area contributed by atoms with E-state index in [0.29, 0.717) is 17.5 Å². The van der Waals surface area contributed by atoms with Gasteiger partial charge in [0, 0.05) is 31.4 Å². The van der Waals surface area contributed by atoms with Crippen molar-refractivity contribution in [2.45, 2.75) is 39.7 Å². The zero-order valence-electron chi connectivity index (χ0n) is 12.3. The first kappa shape index (κ1) is 16.9. The Morgan fingerprint density at radius 1 is 1.40 bits per heavy atom. The third kappa shape index (κ3) is 4.18. The van der Waals surface area contributed by atoms with Gasteiger partial charge in [-0.15, -0.1) is 12.4 Å². The van der Waals surface area contributed by atoms with E-state index < -0.39 is 0 Å². The van der Waals surface area contributed by atoms with Gasteiger partial charge < -0.3 is 10.6 Å². The van der Waals surface area contributed by atoms with Crippen LogP contribution >= 0.6 is 12.4 Å². The average Bonchev–Trinajstić information content (AvgIpc) is 2.59. The van der Waals surface area contributed by atoms with E-state index >= 15 is 0 Å². The SMILES string of the molecule is CC1(C)CCCN(C(=O)c2ccnc(CN)c2)CC1.Cl. The molecule has 1 aromatic heterocycles. The quantitative estimate of drug-likeness (QED) is 0.913. The molecule has 0 aliphatic carbocycles. The molecule has 1 fully saturated rings. The van der Waals surface area contributed by atoms with E-state index in [1.54, 1.807) is 18.3 Å². The van der Waals surface area contributed by atoms with Crippen LogP contribution in [0.4, 0.5) is 0 Å². The van der Waals surface area contributed by atoms with Gasteiger partial charge in [0.05, 0.1) is 5.69 Å². The summed E-state index contributed by atoms with van der Waals surface area (Å²) in [5, 5.41) is 0. The maximum Gasteiger partial charge on any atom is 0.253 e. The largest absolute Gasteiger partial charge is 0.339 e. The maximum atomic E-state index is 12.5. The predicted octanol–water partition coefficient (Wildman–Crippen LogP) is 2.61. The van der Waals surface area contributed by atoms with Crippen molar-refractivity contribution < 1.29 is 4.79 Å². The molecule has 1 aliphatic rings. The highest BCUT2D eigenvalue weighted by Gasteiger charge is 2.25. The third-order valence-corrected chi connectivity index (χ3v) is 3.90. The van der Waals surface area contributed by atoms with Crippen LogP contribution in [0.2, 0.25) is 0 Å². The first-order valence-electron chi connectivity index (χ1n) is 6.96. The second-order valence-electron chi connectivity index (χ2n) is 6.05. The van der Waals surface area contributed by atoms with Crippen LogP contribution in [0.3, 0.4) is 0 Å². The standard InChI is InChI=1S/C15H23N3O.ClH/c1-15(2)5-3-8-18(9-6-15)14(19)12-4-7-17-13(10-12)11-16;/h4,7,10H,3,5-6,8-9,11,16H2,1-2H3;1H. The van der Waals surface area contributed by atoms with E-state index in [-0.39, 0.29) is 18.3 Å². The van der Waals surface area contributed by atoms with Crippen LogP contribution in [-0.4, -0.2) is 28.9 Å². The van der Waals surface area contributed by atoms with Crippen LogP contribution in [0.5, 0.6) is 0 Å². The molecule has 0 radical (unpaired) electrons. The minimum Gasteiger partial charge on any atom is -0.339 e. The molecule has 0 spiro atoms. The van der Waals surface area contributed by atoms with E-state index in [0.717, 1.165) is 31.6 Å². The maximum absolute atomic E-state index is 12.5. The number of likely N-dealkylation sites (tertiary alicyclic amines) is 1. The summed E-state index contributed by atoms with van der Waals surface area (Å²) in [7, 11) is 0. The summed E-state index contributed by atoms with van der Waals surface area (Å²) in [4.78, 5) is 18.6. The van der Waals surface area contributed by atoms with Gasteiger partial charge in [0.1, 0.15) is 0 Å². The number of rotatable bonds is 2. The first-order valence-corrected chi connectivity index (χ1v) is 6.96. The van der Waals surface area contributed by atoms with E-state index in [2.05, 4.69) is 18.8 Å². The summed E-state index contributed by atoms with van der Waals surface area (Å²) in [6.45, 7) is 6.61. The fourth-order valence-electron chi connectivity index (χ4n) is 2.53. The van der Waals surface area contributed by atoms with Crippen LogP contribution in [-0.2, 0) is 6.54 Å². The van der Waals surface area contributed by atoms with Crippen molar-refractivity contribution in [1.82, 2.24) is 9.88 Å². The monoisotopic (exact) mass is 297 g/mol. The third-order valence-electron chi connectivity index (χ3n) is 3.90. The van der Waals surface area contributed by atoms with Gasteiger partial charge in [0.25, 0.3) is 5.91 Å². The molecule has 20 heavy (non-hydrogen) atoms. The van der Waals surface area contributed by atoms with Crippen molar-refractivity contribution in [1.29, 1.82) is 0 Å². The lowest BCUT2D eigenvalue weighted by molar-refractivity contribution is 0.0757. The topological polar surface area (TPSA) is 59.2 Å². The van der Waals surface area contributed by atoms with Crippen LogP contribution in [0.1, 0.15) is 49.2 Å². The highest BCUT2D eigenvalue weighted by atomic mass is 35.5. The normalized spacial score (nSPS) is 18.1. The summed E-state index contributed by atoms with van der Waals surface area (Å²) in [6.07, 6.45) is 4.99. The van der Waals surface area contributed by atoms with Crippen LogP contribution in [0.25, 0.3) is 0 Å². The Balaban J connectivity index is 0.00000200. The second-order valence-corrected chi connectivity index (χ2v) is 6.05. The number of aromatic nitrogens is 1. The lowest BCUT2D eigenvalue weighted by Gasteiger charge is -2.23. The number of hydrogen-bond acceptors (Lipinski definition) is 3. The number of halogens is 1. The molecule has 1 aliphatic heterocycles. The molecule has 112 valence electrons. The molecule has 0 atom stereocenters. The highest BCUT2D eigenvalue weighted by molar-refractivity contribution is 5.94. The zero-order valence-corrected chi connectivity index (χ0v) is 13.1. The zero-order chi connectivity index (χ0) is 13.9. The van der Waals surface area contributed by atoms with Crippen molar-refractivity contribution in [2.24, 2.45) is 11.1 Å². The minimum atomic E-state index is 0. The van der Waals surface area contributed by atoms with Crippen LogP contribution < -0.4 is 5.73 Å². The predicted molar refractivity (Wildman–Crippen MR) is 82.9 cm³/mol. The Labute approximate surface area is 127 Å². The number of pyridine rings is 1. The number of nitrogens with zero attached hydrogens (tertiary/aromatic N) is 2. The summed E-state index contributed by atoms with van der Waals surface area (Å²) < 4.78 is 0. The average molecular weight is 298 g/mol. The number of amides is 1. The molecule has 1 aromatic rings. The lowest BCUT2D eigenvalue weighted by Crippen LogP contribution is -2.32. The van der Waals surface area contributed by atoms with Crippen LogP contribution in [0, 0.1) is 5.41 Å². The van der Waals surface area contributed by atoms with Crippen LogP contribution in [0.15, 0.2) is 18.3 Å². The molecule has 0 bridgehead atoms. The fraction of sp³-hybridized carbons (Fsp3) is 0.600. The van der Waals surface area contributed by atoms with Gasteiger partial charge in [-0.3, -0.25) is 9.78 Å². The molecule has 1 amide bonds. The highest BCUT2D eigenvalue weighted by Crippen LogP contribution is 2.30. The van der Waals surface area contributed by atoms with Crippen molar-refractivity contribution >= 4 is 18.3 Å². The van der Waals surface area contributed by atoms with Gasteiger partial charge in [-0.1, -0.05) is 13.8 Å². The van der Waals surface area contributed by atoms with Crippen molar-refractivity contribution in [3.05, 3.63) is 29.6 Å². The van der Waals surface area contributed by atoms with Crippen molar-refractivity contribution in [3.8, 4) is 0 Å². The number of carbonyl (C=O) groups excluding carboxylic acids is 1. The summed E-state index contributed by atoms with van der Waals surface area (Å²) in [6, 6.07) is 3.58. The van der Waals surface area contributed by atoms with Crippen molar-refractivity contribution in [3.63, 3.8) is 0 Å².